The van der Waals surface area contributed by atoms with Crippen molar-refractivity contribution in [3.63, 3.8) is 0 Å². The Hall–Kier alpha value is -0.120. The van der Waals surface area contributed by atoms with Gasteiger partial charge in [-0.25, -0.2) is 0 Å². The minimum absolute atomic E-state index is 0.728. The number of rotatable bonds is 10. The van der Waals surface area contributed by atoms with Crippen LogP contribution in [0.3, 0.4) is 0 Å². The van der Waals surface area contributed by atoms with Crippen LogP contribution >= 0.6 is 0 Å². The molecule has 0 aromatic carbocycles. The molecule has 0 aromatic rings. The Labute approximate surface area is 127 Å². The summed E-state index contributed by atoms with van der Waals surface area (Å²) in [7, 11) is 4.55. The molecule has 0 amide bonds. The maximum absolute atomic E-state index is 3.66. The van der Waals surface area contributed by atoms with Gasteiger partial charge in [-0.15, -0.1) is 0 Å². The third-order valence-corrected chi connectivity index (χ3v) is 4.68. The maximum Gasteiger partial charge on any atom is 0.00649 e. The van der Waals surface area contributed by atoms with Crippen LogP contribution in [0, 0.1) is 5.92 Å². The Morgan fingerprint density at radius 1 is 1.25 bits per heavy atom. The summed E-state index contributed by atoms with van der Waals surface area (Å²) in [6.07, 6.45) is 7.94. The molecule has 3 nitrogen and oxygen atoms in total. The highest BCUT2D eigenvalue weighted by Crippen LogP contribution is 2.17. The first-order valence-corrected chi connectivity index (χ1v) is 8.76. The molecular formula is C17H37N3. The molecule has 1 rings (SSSR count). The quantitative estimate of drug-likeness (QED) is 0.665. The van der Waals surface area contributed by atoms with Crippen LogP contribution < -0.4 is 5.32 Å². The molecule has 20 heavy (non-hydrogen) atoms. The van der Waals surface area contributed by atoms with Gasteiger partial charge in [0, 0.05) is 12.6 Å². The van der Waals surface area contributed by atoms with E-state index in [2.05, 4.69) is 43.1 Å². The third-order valence-electron chi connectivity index (χ3n) is 4.68. The van der Waals surface area contributed by atoms with Crippen LogP contribution in [0.15, 0.2) is 0 Å². The van der Waals surface area contributed by atoms with Crippen molar-refractivity contribution in [2.24, 2.45) is 5.92 Å². The number of piperidine rings is 1. The van der Waals surface area contributed by atoms with Gasteiger partial charge in [0.25, 0.3) is 0 Å². The molecule has 1 saturated heterocycles. The molecule has 0 saturated carbocycles. The standard InChI is InChI=1S/C17H37N3/c1-5-11-18-17(6-2)8-7-12-20(4)15-16-9-13-19(3)14-10-16/h16-18H,5-15H2,1-4H3. The van der Waals surface area contributed by atoms with Crippen LogP contribution in [0.2, 0.25) is 0 Å². The van der Waals surface area contributed by atoms with Crippen LogP contribution in [-0.4, -0.2) is 62.7 Å². The zero-order valence-electron chi connectivity index (χ0n) is 14.3. The molecule has 1 atom stereocenters. The van der Waals surface area contributed by atoms with Crippen molar-refractivity contribution in [2.45, 2.75) is 58.4 Å². The summed E-state index contributed by atoms with van der Waals surface area (Å²) >= 11 is 0. The van der Waals surface area contributed by atoms with Crippen molar-refractivity contribution in [3.8, 4) is 0 Å². The molecule has 1 unspecified atom stereocenters. The van der Waals surface area contributed by atoms with Crippen LogP contribution in [0.25, 0.3) is 0 Å². The SMILES string of the molecule is CCCNC(CC)CCCN(C)CC1CCN(C)CC1. The summed E-state index contributed by atoms with van der Waals surface area (Å²) in [5.41, 5.74) is 0. The summed E-state index contributed by atoms with van der Waals surface area (Å²) in [6.45, 7) is 10.9. The van der Waals surface area contributed by atoms with E-state index in [0.717, 1.165) is 12.0 Å². The van der Waals surface area contributed by atoms with Crippen molar-refractivity contribution in [1.82, 2.24) is 15.1 Å². The largest absolute Gasteiger partial charge is 0.314 e. The average molecular weight is 284 g/mol. The van der Waals surface area contributed by atoms with E-state index in [-0.39, 0.29) is 0 Å². The number of likely N-dealkylation sites (tertiary alicyclic amines) is 1. The van der Waals surface area contributed by atoms with E-state index >= 15 is 0 Å². The van der Waals surface area contributed by atoms with Crippen molar-refractivity contribution in [2.75, 3.05) is 46.8 Å². The Kier molecular flexibility index (Phi) is 9.49. The maximum atomic E-state index is 3.66. The predicted molar refractivity (Wildman–Crippen MR) is 89.3 cm³/mol. The van der Waals surface area contributed by atoms with E-state index in [1.165, 1.54) is 71.2 Å². The molecule has 0 aliphatic carbocycles. The molecule has 0 aromatic heterocycles. The fourth-order valence-electron chi connectivity index (χ4n) is 3.18. The van der Waals surface area contributed by atoms with E-state index in [1.807, 2.05) is 0 Å². The highest BCUT2D eigenvalue weighted by Gasteiger charge is 2.18. The molecule has 1 heterocycles. The molecule has 1 N–H and O–H groups in total. The fraction of sp³-hybridized carbons (Fsp3) is 1.00. The van der Waals surface area contributed by atoms with Crippen LogP contribution in [0.5, 0.6) is 0 Å². The Bertz CT molecular complexity index is 224. The molecule has 1 aliphatic rings. The minimum Gasteiger partial charge on any atom is -0.314 e. The van der Waals surface area contributed by atoms with E-state index in [1.54, 1.807) is 0 Å². The van der Waals surface area contributed by atoms with Crippen molar-refractivity contribution >= 4 is 0 Å². The lowest BCUT2D eigenvalue weighted by atomic mass is 9.96. The van der Waals surface area contributed by atoms with Gasteiger partial charge in [0.05, 0.1) is 0 Å². The highest BCUT2D eigenvalue weighted by atomic mass is 15.1. The number of hydrogen-bond donors (Lipinski definition) is 1. The zero-order chi connectivity index (χ0) is 14.8. The molecule has 1 aliphatic heterocycles. The third kappa shape index (κ3) is 7.61. The summed E-state index contributed by atoms with van der Waals surface area (Å²) in [5.74, 6) is 0.927. The lowest BCUT2D eigenvalue weighted by Gasteiger charge is -2.31. The van der Waals surface area contributed by atoms with Gasteiger partial charge >= 0.3 is 0 Å². The van der Waals surface area contributed by atoms with Gasteiger partial charge in [-0.2, -0.15) is 0 Å². The van der Waals surface area contributed by atoms with Crippen LogP contribution in [0.4, 0.5) is 0 Å². The van der Waals surface area contributed by atoms with E-state index < -0.39 is 0 Å². The molecule has 0 radical (unpaired) electrons. The van der Waals surface area contributed by atoms with Gasteiger partial charge in [0.2, 0.25) is 0 Å². The van der Waals surface area contributed by atoms with E-state index in [9.17, 15) is 0 Å². The van der Waals surface area contributed by atoms with Gasteiger partial charge in [-0.1, -0.05) is 13.8 Å². The zero-order valence-corrected chi connectivity index (χ0v) is 14.3. The minimum atomic E-state index is 0.728. The molecule has 3 heteroatoms. The predicted octanol–water partition coefficient (Wildman–Crippen LogP) is 2.82. The number of hydrogen-bond acceptors (Lipinski definition) is 3. The van der Waals surface area contributed by atoms with Gasteiger partial charge in [-0.3, -0.25) is 0 Å². The number of nitrogens with zero attached hydrogens (tertiary/aromatic N) is 2. The Balaban J connectivity index is 2.08. The lowest BCUT2D eigenvalue weighted by Crippen LogP contribution is -2.36. The molecule has 120 valence electrons. The molecule has 0 spiro atoms. The molecule has 1 fully saturated rings. The first kappa shape index (κ1) is 17.9. The van der Waals surface area contributed by atoms with Crippen LogP contribution in [0.1, 0.15) is 52.4 Å². The first-order valence-electron chi connectivity index (χ1n) is 8.76. The van der Waals surface area contributed by atoms with Gasteiger partial charge < -0.3 is 15.1 Å². The van der Waals surface area contributed by atoms with Gasteiger partial charge in [-0.05, 0) is 84.7 Å². The summed E-state index contributed by atoms with van der Waals surface area (Å²) in [6, 6.07) is 0.728. The average Bonchev–Trinajstić information content (AvgIpc) is 2.45. The second kappa shape index (κ2) is 10.6. The van der Waals surface area contributed by atoms with Crippen molar-refractivity contribution in [1.29, 1.82) is 0 Å². The van der Waals surface area contributed by atoms with Crippen molar-refractivity contribution < 1.29 is 0 Å². The smallest absolute Gasteiger partial charge is 0.00649 e. The van der Waals surface area contributed by atoms with Crippen LogP contribution in [-0.2, 0) is 0 Å². The topological polar surface area (TPSA) is 18.5 Å². The Morgan fingerprint density at radius 3 is 2.55 bits per heavy atom. The van der Waals surface area contributed by atoms with E-state index in [4.69, 9.17) is 0 Å². The Morgan fingerprint density at radius 2 is 1.95 bits per heavy atom. The van der Waals surface area contributed by atoms with Gasteiger partial charge in [0.15, 0.2) is 0 Å². The molecular weight excluding hydrogens is 246 g/mol. The summed E-state index contributed by atoms with van der Waals surface area (Å²) < 4.78 is 0. The monoisotopic (exact) mass is 283 g/mol. The normalized spacial score (nSPS) is 19.6. The molecule has 0 bridgehead atoms. The van der Waals surface area contributed by atoms with E-state index in [0.29, 0.717) is 0 Å². The van der Waals surface area contributed by atoms with Crippen molar-refractivity contribution in [3.05, 3.63) is 0 Å². The van der Waals surface area contributed by atoms with Gasteiger partial charge in [0.1, 0.15) is 0 Å². The first-order chi connectivity index (χ1) is 9.65. The second-order valence-corrected chi connectivity index (χ2v) is 6.71. The summed E-state index contributed by atoms with van der Waals surface area (Å²) in [5, 5.41) is 3.66. The number of nitrogens with one attached hydrogen (secondary N) is 1. The summed E-state index contributed by atoms with van der Waals surface area (Å²) in [4.78, 5) is 5.02. The second-order valence-electron chi connectivity index (χ2n) is 6.71. The fourth-order valence-corrected chi connectivity index (χ4v) is 3.18. The lowest BCUT2D eigenvalue weighted by molar-refractivity contribution is 0.174. The highest BCUT2D eigenvalue weighted by molar-refractivity contribution is 4.73.